The fraction of sp³-hybridized carbons (Fsp3) is 1.00. The first-order chi connectivity index (χ1) is 10.9. The highest BCUT2D eigenvalue weighted by Crippen LogP contribution is 2.21. The minimum absolute atomic E-state index is 0.0527. The summed E-state index contributed by atoms with van der Waals surface area (Å²) < 4.78 is 55.3. The van der Waals surface area contributed by atoms with E-state index in [1.807, 2.05) is 0 Å². The van der Waals surface area contributed by atoms with E-state index >= 15 is 0 Å². The second-order valence-electron chi connectivity index (χ2n) is 5.51. The lowest BCUT2D eigenvalue weighted by atomic mass is 10.0. The van der Waals surface area contributed by atoms with Crippen LogP contribution < -0.4 is 0 Å². The van der Waals surface area contributed by atoms with E-state index in [1.165, 1.54) is 0 Å². The quantitative estimate of drug-likeness (QED) is 0.255. The largest absolute Gasteiger partial charge is 0.394 e. The lowest BCUT2D eigenvalue weighted by Gasteiger charge is -2.26. The molecule has 0 aromatic carbocycles. The maximum Gasteiger partial charge on any atom is 0.264 e. The predicted molar refractivity (Wildman–Crippen MR) is 84.1 cm³/mol. The van der Waals surface area contributed by atoms with E-state index in [2.05, 4.69) is 0 Å². The molecule has 0 amide bonds. The van der Waals surface area contributed by atoms with Crippen LogP contribution >= 0.6 is 0 Å². The maximum absolute atomic E-state index is 11.4. The van der Waals surface area contributed by atoms with Crippen molar-refractivity contribution in [1.29, 1.82) is 0 Å². The highest BCUT2D eigenvalue weighted by molar-refractivity contribution is 7.86. The van der Waals surface area contributed by atoms with Crippen LogP contribution in [0.5, 0.6) is 0 Å². The molecule has 4 N–H and O–H groups in total. The summed E-state index contributed by atoms with van der Waals surface area (Å²) in [6.07, 6.45) is -3.51. The molecule has 0 saturated heterocycles. The molecule has 0 aromatic heterocycles. The zero-order valence-electron chi connectivity index (χ0n) is 13.6. The zero-order valence-corrected chi connectivity index (χ0v) is 15.2. The van der Waals surface area contributed by atoms with Gasteiger partial charge in [0.25, 0.3) is 20.2 Å². The van der Waals surface area contributed by atoms with Gasteiger partial charge in [-0.1, -0.05) is 0 Å². The van der Waals surface area contributed by atoms with E-state index in [4.69, 9.17) is 18.6 Å². The van der Waals surface area contributed by atoms with Gasteiger partial charge in [0, 0.05) is 0 Å². The second-order valence-corrected chi connectivity index (χ2v) is 8.71. The van der Waals surface area contributed by atoms with Gasteiger partial charge in [-0.2, -0.15) is 16.8 Å². The summed E-state index contributed by atoms with van der Waals surface area (Å²) in [4.78, 5) is 0. The first-order valence-electron chi connectivity index (χ1n) is 7.22. The van der Waals surface area contributed by atoms with E-state index in [1.54, 1.807) is 0 Å². The molecule has 146 valence electrons. The summed E-state index contributed by atoms with van der Waals surface area (Å²) in [6, 6.07) is 0. The van der Waals surface area contributed by atoms with E-state index in [0.29, 0.717) is 0 Å². The molecular formula is C12H26O10S2. The van der Waals surface area contributed by atoms with Crippen LogP contribution in [0.15, 0.2) is 0 Å². The molecule has 0 aliphatic carbocycles. The Bertz CT molecular complexity index is 494. The number of aliphatic hydroxyl groups is 4. The van der Waals surface area contributed by atoms with Crippen molar-refractivity contribution in [2.75, 3.05) is 25.7 Å². The number of aliphatic hydroxyl groups excluding tert-OH is 4. The van der Waals surface area contributed by atoms with E-state index in [-0.39, 0.29) is 25.7 Å². The summed E-state index contributed by atoms with van der Waals surface area (Å²) in [5, 5.41) is 36.4. The fourth-order valence-corrected chi connectivity index (χ4v) is 3.28. The van der Waals surface area contributed by atoms with Crippen molar-refractivity contribution in [1.82, 2.24) is 0 Å². The van der Waals surface area contributed by atoms with Crippen LogP contribution in [0.4, 0.5) is 0 Å². The van der Waals surface area contributed by atoms with Gasteiger partial charge in [-0.3, -0.25) is 8.37 Å². The normalized spacial score (nSPS) is 18.1. The summed E-state index contributed by atoms with van der Waals surface area (Å²) in [5.74, 6) is 0. The van der Waals surface area contributed by atoms with Crippen molar-refractivity contribution in [3.05, 3.63) is 0 Å². The average Bonchev–Trinajstić information content (AvgIpc) is 2.44. The Morgan fingerprint density at radius 3 is 1.21 bits per heavy atom. The third-order valence-electron chi connectivity index (χ3n) is 3.00. The molecule has 10 nitrogen and oxygen atoms in total. The molecule has 0 bridgehead atoms. The average molecular weight is 394 g/mol. The summed E-state index contributed by atoms with van der Waals surface area (Å²) in [6.45, 7) is -1.10. The van der Waals surface area contributed by atoms with Gasteiger partial charge in [0.15, 0.2) is 0 Å². The van der Waals surface area contributed by atoms with Crippen molar-refractivity contribution in [3.63, 3.8) is 0 Å². The fourth-order valence-electron chi connectivity index (χ4n) is 1.94. The van der Waals surface area contributed by atoms with E-state index < -0.39 is 57.9 Å². The van der Waals surface area contributed by atoms with Crippen molar-refractivity contribution in [2.45, 2.75) is 50.1 Å². The molecule has 0 rings (SSSR count). The van der Waals surface area contributed by atoms with Crippen molar-refractivity contribution in [2.24, 2.45) is 0 Å². The van der Waals surface area contributed by atoms with Crippen molar-refractivity contribution < 1.29 is 45.6 Å². The van der Waals surface area contributed by atoms with Gasteiger partial charge in [-0.05, 0) is 25.7 Å². The number of rotatable bonds is 13. The lowest BCUT2D eigenvalue weighted by molar-refractivity contribution is 0.0175. The lowest BCUT2D eigenvalue weighted by Crippen LogP contribution is -2.37. The van der Waals surface area contributed by atoms with Crippen LogP contribution in [0.25, 0.3) is 0 Å². The Kier molecular flexibility index (Phi) is 10.5. The minimum atomic E-state index is -3.95. The standard InChI is InChI=1S/C12H26O10S2/c1-23(17,18)21-11(5-3-9(15)7-13)12(22-24(2,19)20)6-4-10(16)8-14/h9-16H,3-8H2,1-2H3/t9-,10-,11+,12+/m1/s1. The topological polar surface area (TPSA) is 168 Å². The van der Waals surface area contributed by atoms with Gasteiger partial charge in [0.1, 0.15) is 12.2 Å². The van der Waals surface area contributed by atoms with Crippen molar-refractivity contribution in [3.8, 4) is 0 Å². The van der Waals surface area contributed by atoms with Gasteiger partial charge >= 0.3 is 0 Å². The molecule has 0 saturated carbocycles. The van der Waals surface area contributed by atoms with Crippen LogP contribution in [0, 0.1) is 0 Å². The van der Waals surface area contributed by atoms with E-state index in [0.717, 1.165) is 12.5 Å². The molecule has 0 spiro atoms. The molecular weight excluding hydrogens is 368 g/mol. The first kappa shape index (κ1) is 23.7. The van der Waals surface area contributed by atoms with Gasteiger partial charge in [0.05, 0.1) is 37.9 Å². The van der Waals surface area contributed by atoms with Crippen molar-refractivity contribution >= 4 is 20.2 Å². The van der Waals surface area contributed by atoms with Gasteiger partial charge in [-0.25, -0.2) is 0 Å². The molecule has 0 heterocycles. The molecule has 24 heavy (non-hydrogen) atoms. The molecule has 12 heteroatoms. The molecule has 4 atom stereocenters. The molecule has 0 aliphatic heterocycles. The molecule has 0 radical (unpaired) electrons. The number of hydrogen-bond donors (Lipinski definition) is 4. The number of hydrogen-bond acceptors (Lipinski definition) is 10. The van der Waals surface area contributed by atoms with Gasteiger partial charge in [0.2, 0.25) is 0 Å². The van der Waals surface area contributed by atoms with Crippen LogP contribution in [-0.4, -0.2) is 87.4 Å². The monoisotopic (exact) mass is 394 g/mol. The summed E-state index contributed by atoms with van der Waals surface area (Å²) in [7, 11) is -7.91. The third-order valence-corrected chi connectivity index (χ3v) is 4.20. The minimum Gasteiger partial charge on any atom is -0.394 e. The van der Waals surface area contributed by atoms with Crippen LogP contribution in [0.2, 0.25) is 0 Å². The van der Waals surface area contributed by atoms with Gasteiger partial charge < -0.3 is 20.4 Å². The van der Waals surface area contributed by atoms with Crippen LogP contribution in [0.3, 0.4) is 0 Å². The molecule has 0 aromatic rings. The molecule has 0 aliphatic rings. The third kappa shape index (κ3) is 12.1. The Labute approximate surface area is 142 Å². The SMILES string of the molecule is CS(=O)(=O)O[C@@H](CC[C@@H](O)CO)[C@H](CC[C@@H](O)CO)OS(C)(=O)=O. The van der Waals surface area contributed by atoms with Gasteiger partial charge in [-0.15, -0.1) is 0 Å². The Morgan fingerprint density at radius 1 is 0.708 bits per heavy atom. The zero-order chi connectivity index (χ0) is 19.0. The van der Waals surface area contributed by atoms with Crippen LogP contribution in [0.1, 0.15) is 25.7 Å². The first-order valence-corrected chi connectivity index (χ1v) is 10.9. The Hall–Kier alpha value is -0.340. The molecule has 0 fully saturated rings. The molecule has 0 unspecified atom stereocenters. The second kappa shape index (κ2) is 10.6. The van der Waals surface area contributed by atoms with Crippen LogP contribution in [-0.2, 0) is 28.6 Å². The maximum atomic E-state index is 11.4. The summed E-state index contributed by atoms with van der Waals surface area (Å²) >= 11 is 0. The smallest absolute Gasteiger partial charge is 0.264 e. The Morgan fingerprint density at radius 2 is 1.00 bits per heavy atom. The highest BCUT2D eigenvalue weighted by Gasteiger charge is 2.30. The van der Waals surface area contributed by atoms with E-state index in [9.17, 15) is 27.0 Å². The summed E-state index contributed by atoms with van der Waals surface area (Å²) in [5.41, 5.74) is 0. The Balaban J connectivity index is 5.25. The highest BCUT2D eigenvalue weighted by atomic mass is 32.2. The predicted octanol–water partition coefficient (Wildman–Crippen LogP) is -2.06.